The zero-order valence-electron chi connectivity index (χ0n) is 10.2. The number of nitrogens with one attached hydrogen (secondary N) is 1. The van der Waals surface area contributed by atoms with Crippen molar-refractivity contribution in [3.8, 4) is 0 Å². The Morgan fingerprint density at radius 1 is 1.17 bits per heavy atom. The van der Waals surface area contributed by atoms with Crippen molar-refractivity contribution >= 4 is 11.8 Å². The first-order valence-electron chi connectivity index (χ1n) is 5.51. The molecule has 1 aromatic carbocycles. The average molecular weight is 243 g/mol. The number of rotatable bonds is 3. The molecule has 0 atom stereocenters. The predicted octanol–water partition coefficient (Wildman–Crippen LogP) is 2.34. The van der Waals surface area contributed by atoms with Gasteiger partial charge in [-0.05, 0) is 13.0 Å². The second kappa shape index (κ2) is 4.87. The molecule has 0 saturated heterocycles. The van der Waals surface area contributed by atoms with Gasteiger partial charge in [0.05, 0.1) is 7.11 Å². The van der Waals surface area contributed by atoms with E-state index in [0.717, 1.165) is 0 Å². The number of hydrogen-bond acceptors (Lipinski definition) is 3. The number of aromatic nitrogens is 1. The highest BCUT2D eigenvalue weighted by Crippen LogP contribution is 2.16. The highest BCUT2D eigenvalue weighted by Gasteiger charge is 2.17. The van der Waals surface area contributed by atoms with Crippen molar-refractivity contribution in [2.24, 2.45) is 0 Å². The maximum absolute atomic E-state index is 12.2. The summed E-state index contributed by atoms with van der Waals surface area (Å²) in [7, 11) is 1.30. The number of carbonyl (C=O) groups excluding carboxylic acids is 2. The van der Waals surface area contributed by atoms with E-state index in [1.807, 2.05) is 6.07 Å². The summed E-state index contributed by atoms with van der Waals surface area (Å²) in [5.74, 6) is -0.593. The molecular weight excluding hydrogens is 230 g/mol. The Morgan fingerprint density at radius 3 is 2.44 bits per heavy atom. The van der Waals surface area contributed by atoms with Gasteiger partial charge in [-0.1, -0.05) is 30.3 Å². The molecule has 0 fully saturated rings. The molecule has 2 rings (SSSR count). The topological polar surface area (TPSA) is 59.2 Å². The molecule has 4 nitrogen and oxygen atoms in total. The molecule has 0 aliphatic heterocycles. The number of H-pyrrole nitrogens is 1. The van der Waals surface area contributed by atoms with Crippen LogP contribution in [0.25, 0.3) is 0 Å². The van der Waals surface area contributed by atoms with E-state index in [1.165, 1.54) is 13.2 Å². The summed E-state index contributed by atoms with van der Waals surface area (Å²) >= 11 is 0. The van der Waals surface area contributed by atoms with Crippen LogP contribution < -0.4 is 0 Å². The SMILES string of the molecule is COC(=O)c1cc(C(=O)c2ccccc2)c(C)[nH]1. The molecule has 1 N–H and O–H groups in total. The number of ether oxygens (including phenoxy) is 1. The normalized spacial score (nSPS) is 10.1. The maximum atomic E-state index is 12.2. The molecule has 4 heteroatoms. The van der Waals surface area contributed by atoms with E-state index in [9.17, 15) is 9.59 Å². The summed E-state index contributed by atoms with van der Waals surface area (Å²) in [6.45, 7) is 1.75. The molecule has 0 bridgehead atoms. The lowest BCUT2D eigenvalue weighted by Crippen LogP contribution is -2.02. The fourth-order valence-electron chi connectivity index (χ4n) is 1.76. The molecule has 0 spiro atoms. The average Bonchev–Trinajstić information content (AvgIpc) is 2.80. The van der Waals surface area contributed by atoms with Crippen molar-refractivity contribution in [1.29, 1.82) is 0 Å². The maximum Gasteiger partial charge on any atom is 0.354 e. The highest BCUT2D eigenvalue weighted by molar-refractivity contribution is 6.10. The summed E-state index contributed by atoms with van der Waals surface area (Å²) in [6.07, 6.45) is 0. The predicted molar refractivity (Wildman–Crippen MR) is 66.7 cm³/mol. The third kappa shape index (κ3) is 2.18. The smallest absolute Gasteiger partial charge is 0.354 e. The second-order valence-electron chi connectivity index (χ2n) is 3.91. The summed E-state index contributed by atoms with van der Waals surface area (Å²) in [4.78, 5) is 26.4. The highest BCUT2D eigenvalue weighted by atomic mass is 16.5. The first-order valence-corrected chi connectivity index (χ1v) is 5.51. The summed E-state index contributed by atoms with van der Waals surface area (Å²) in [6, 6.07) is 10.5. The minimum absolute atomic E-state index is 0.112. The van der Waals surface area contributed by atoms with Gasteiger partial charge in [-0.3, -0.25) is 4.79 Å². The number of aromatic amines is 1. The van der Waals surface area contributed by atoms with Gasteiger partial charge in [-0.2, -0.15) is 0 Å². The van der Waals surface area contributed by atoms with Crippen molar-refractivity contribution in [1.82, 2.24) is 4.98 Å². The number of aryl methyl sites for hydroxylation is 1. The molecule has 18 heavy (non-hydrogen) atoms. The summed E-state index contributed by atoms with van der Waals surface area (Å²) < 4.78 is 4.61. The van der Waals surface area contributed by atoms with Crippen LogP contribution in [0.3, 0.4) is 0 Å². The molecular formula is C14H13NO3. The summed E-state index contributed by atoms with van der Waals surface area (Å²) in [5.41, 5.74) is 2.02. The van der Waals surface area contributed by atoms with E-state index < -0.39 is 5.97 Å². The first-order chi connectivity index (χ1) is 8.63. The van der Waals surface area contributed by atoms with Gasteiger partial charge >= 0.3 is 5.97 Å². The lowest BCUT2D eigenvalue weighted by Gasteiger charge is -1.98. The third-order valence-electron chi connectivity index (χ3n) is 2.70. The minimum atomic E-state index is -0.481. The van der Waals surface area contributed by atoms with Crippen molar-refractivity contribution in [3.63, 3.8) is 0 Å². The van der Waals surface area contributed by atoms with Crippen molar-refractivity contribution < 1.29 is 14.3 Å². The van der Waals surface area contributed by atoms with Crippen LogP contribution in [-0.2, 0) is 4.74 Å². The van der Waals surface area contributed by atoms with Crippen LogP contribution in [0.5, 0.6) is 0 Å². The Kier molecular flexibility index (Phi) is 3.28. The van der Waals surface area contributed by atoms with Crippen LogP contribution in [0.2, 0.25) is 0 Å². The van der Waals surface area contributed by atoms with Crippen LogP contribution in [-0.4, -0.2) is 23.8 Å². The van der Waals surface area contributed by atoms with E-state index in [0.29, 0.717) is 16.8 Å². The molecule has 0 unspecified atom stereocenters. The van der Waals surface area contributed by atoms with E-state index >= 15 is 0 Å². The van der Waals surface area contributed by atoms with Crippen molar-refractivity contribution in [3.05, 3.63) is 58.9 Å². The monoisotopic (exact) mass is 243 g/mol. The van der Waals surface area contributed by atoms with E-state index in [2.05, 4.69) is 9.72 Å². The van der Waals surface area contributed by atoms with Crippen LogP contribution in [0.15, 0.2) is 36.4 Å². The van der Waals surface area contributed by atoms with E-state index in [4.69, 9.17) is 0 Å². The Bertz CT molecular complexity index is 584. The minimum Gasteiger partial charge on any atom is -0.464 e. The fraction of sp³-hybridized carbons (Fsp3) is 0.143. The number of benzene rings is 1. The number of esters is 1. The molecule has 0 saturated carbocycles. The van der Waals surface area contributed by atoms with Gasteiger partial charge in [-0.15, -0.1) is 0 Å². The molecule has 2 aromatic rings. The van der Waals surface area contributed by atoms with Gasteiger partial charge in [0.1, 0.15) is 5.69 Å². The number of ketones is 1. The lowest BCUT2D eigenvalue weighted by atomic mass is 10.0. The summed E-state index contributed by atoms with van der Waals surface area (Å²) in [5, 5.41) is 0. The second-order valence-corrected chi connectivity index (χ2v) is 3.91. The Balaban J connectivity index is 2.37. The van der Waals surface area contributed by atoms with E-state index in [-0.39, 0.29) is 11.5 Å². The Morgan fingerprint density at radius 2 is 1.83 bits per heavy atom. The van der Waals surface area contributed by atoms with Gasteiger partial charge in [0, 0.05) is 16.8 Å². The van der Waals surface area contributed by atoms with Crippen LogP contribution in [0.1, 0.15) is 32.1 Å². The van der Waals surface area contributed by atoms with E-state index in [1.54, 1.807) is 31.2 Å². The van der Waals surface area contributed by atoms with Gasteiger partial charge in [0.15, 0.2) is 5.78 Å². The zero-order chi connectivity index (χ0) is 13.1. The molecule has 0 aliphatic carbocycles. The van der Waals surface area contributed by atoms with Gasteiger partial charge < -0.3 is 9.72 Å². The largest absolute Gasteiger partial charge is 0.464 e. The first kappa shape index (κ1) is 12.1. The van der Waals surface area contributed by atoms with Crippen LogP contribution in [0, 0.1) is 6.92 Å². The number of hydrogen-bond donors (Lipinski definition) is 1. The standard InChI is InChI=1S/C14H13NO3/c1-9-11(8-12(15-9)14(17)18-2)13(16)10-6-4-3-5-7-10/h3-8,15H,1-2H3. The number of methoxy groups -OCH3 is 1. The van der Waals surface area contributed by atoms with Crippen molar-refractivity contribution in [2.45, 2.75) is 6.92 Å². The fourth-order valence-corrected chi connectivity index (χ4v) is 1.76. The molecule has 0 amide bonds. The van der Waals surface area contributed by atoms with Gasteiger partial charge in [0.2, 0.25) is 0 Å². The quantitative estimate of drug-likeness (QED) is 0.665. The Hall–Kier alpha value is -2.36. The molecule has 0 aliphatic rings. The van der Waals surface area contributed by atoms with Gasteiger partial charge in [-0.25, -0.2) is 4.79 Å². The van der Waals surface area contributed by atoms with Gasteiger partial charge in [0.25, 0.3) is 0 Å². The molecule has 0 radical (unpaired) electrons. The number of carbonyl (C=O) groups is 2. The molecule has 1 aromatic heterocycles. The molecule has 1 heterocycles. The van der Waals surface area contributed by atoms with Crippen LogP contribution in [0.4, 0.5) is 0 Å². The Labute approximate surface area is 105 Å². The molecule has 92 valence electrons. The van der Waals surface area contributed by atoms with Crippen LogP contribution >= 0.6 is 0 Å². The zero-order valence-corrected chi connectivity index (χ0v) is 10.2. The third-order valence-corrected chi connectivity index (χ3v) is 2.70. The lowest BCUT2D eigenvalue weighted by molar-refractivity contribution is 0.0594. The van der Waals surface area contributed by atoms with Crippen molar-refractivity contribution in [2.75, 3.05) is 7.11 Å².